The minimum Gasteiger partial charge on any atom is -0.210 e. The summed E-state index contributed by atoms with van der Waals surface area (Å²) in [5.41, 5.74) is -0.207. The van der Waals surface area contributed by atoms with Gasteiger partial charge in [-0.2, -0.15) is 0 Å². The van der Waals surface area contributed by atoms with E-state index in [1.165, 1.54) is 12.1 Å². The van der Waals surface area contributed by atoms with Crippen molar-refractivity contribution >= 4 is 65.1 Å². The van der Waals surface area contributed by atoms with Crippen LogP contribution in [0.1, 0.15) is 13.8 Å². The summed E-state index contributed by atoms with van der Waals surface area (Å²) >= 11 is 18.5. The Labute approximate surface area is 140 Å². The number of hydrogen-bond donors (Lipinski definition) is 1. The molecule has 0 radical (unpaired) electrons. The number of nitrogens with one attached hydrogen (secondary N) is 1. The lowest BCUT2D eigenvalue weighted by Gasteiger charge is -2.22. The molecule has 1 rings (SSSR count). The molecule has 1 N–H and O–H groups in total. The topological polar surface area (TPSA) is 46.2 Å². The van der Waals surface area contributed by atoms with Gasteiger partial charge in [-0.3, -0.25) is 0 Å². The molecule has 8 heteroatoms. The molecule has 0 aromatic heterocycles. The van der Waals surface area contributed by atoms with Crippen LogP contribution >= 0.6 is 55.1 Å². The molecular formula is C11H13Br2Cl2NO2S. The second-order valence-electron chi connectivity index (χ2n) is 4.82. The van der Waals surface area contributed by atoms with E-state index in [4.69, 9.17) is 23.2 Å². The standard InChI is InChI=1S/C11H13Br2Cl2NO2S/c1-11(2,5-12)6-16-19(17,18)10-8(14)3-7(13)4-9(10)15/h3-4,16H,5-6H2,1-2H3. The second kappa shape index (κ2) is 6.62. The van der Waals surface area contributed by atoms with Gasteiger partial charge in [0.25, 0.3) is 0 Å². The first-order valence-electron chi connectivity index (χ1n) is 5.29. The Morgan fingerprint density at radius 2 is 1.74 bits per heavy atom. The highest BCUT2D eigenvalue weighted by molar-refractivity contribution is 9.10. The summed E-state index contributed by atoms with van der Waals surface area (Å²) in [6.45, 7) is 4.16. The highest BCUT2D eigenvalue weighted by Crippen LogP contribution is 2.33. The predicted octanol–water partition coefficient (Wildman–Crippen LogP) is 4.46. The van der Waals surface area contributed by atoms with Crippen LogP contribution in [0.15, 0.2) is 21.5 Å². The van der Waals surface area contributed by atoms with Crippen LogP contribution in [0.25, 0.3) is 0 Å². The molecule has 0 heterocycles. The molecule has 0 aliphatic carbocycles. The zero-order valence-electron chi connectivity index (χ0n) is 10.3. The van der Waals surface area contributed by atoms with Crippen molar-refractivity contribution in [3.05, 3.63) is 26.7 Å². The number of hydrogen-bond acceptors (Lipinski definition) is 2. The van der Waals surface area contributed by atoms with E-state index in [0.29, 0.717) is 9.80 Å². The van der Waals surface area contributed by atoms with Crippen LogP contribution in [0.3, 0.4) is 0 Å². The summed E-state index contributed by atoms with van der Waals surface area (Å²) in [5.74, 6) is 0. The highest BCUT2D eigenvalue weighted by atomic mass is 79.9. The Hall–Kier alpha value is 0.670. The van der Waals surface area contributed by atoms with Crippen molar-refractivity contribution in [1.29, 1.82) is 0 Å². The molecule has 0 aliphatic heterocycles. The molecule has 0 unspecified atom stereocenters. The number of sulfonamides is 1. The Morgan fingerprint density at radius 1 is 1.26 bits per heavy atom. The average Bonchev–Trinajstić information content (AvgIpc) is 2.25. The molecule has 0 fully saturated rings. The van der Waals surface area contributed by atoms with Gasteiger partial charge in [0.05, 0.1) is 10.0 Å². The lowest BCUT2D eigenvalue weighted by molar-refractivity contribution is 0.420. The summed E-state index contributed by atoms with van der Waals surface area (Å²) in [5, 5.41) is 0.844. The van der Waals surface area contributed by atoms with Gasteiger partial charge in [-0.1, -0.05) is 68.9 Å². The third-order valence-corrected chi connectivity index (χ3v) is 6.63. The largest absolute Gasteiger partial charge is 0.243 e. The summed E-state index contributed by atoms with van der Waals surface area (Å²) in [6.07, 6.45) is 0. The van der Waals surface area contributed by atoms with E-state index in [-0.39, 0.29) is 26.9 Å². The lowest BCUT2D eigenvalue weighted by Crippen LogP contribution is -2.35. The maximum atomic E-state index is 12.2. The van der Waals surface area contributed by atoms with Gasteiger partial charge in [0.1, 0.15) is 4.90 Å². The van der Waals surface area contributed by atoms with Gasteiger partial charge in [0.2, 0.25) is 10.0 Å². The van der Waals surface area contributed by atoms with E-state index in [9.17, 15) is 8.42 Å². The summed E-state index contributed by atoms with van der Waals surface area (Å²) < 4.78 is 27.6. The Bertz CT molecular complexity index is 553. The fourth-order valence-corrected chi connectivity index (χ4v) is 4.57. The fourth-order valence-electron chi connectivity index (χ4n) is 1.20. The molecule has 19 heavy (non-hydrogen) atoms. The second-order valence-corrected chi connectivity index (χ2v) is 8.82. The highest BCUT2D eigenvalue weighted by Gasteiger charge is 2.25. The number of rotatable bonds is 5. The Balaban J connectivity index is 3.09. The van der Waals surface area contributed by atoms with Crippen LogP contribution in [0.4, 0.5) is 0 Å². The lowest BCUT2D eigenvalue weighted by atomic mass is 9.98. The van der Waals surface area contributed by atoms with E-state index in [1.807, 2.05) is 13.8 Å². The van der Waals surface area contributed by atoms with Crippen LogP contribution in [-0.4, -0.2) is 20.3 Å². The Morgan fingerprint density at radius 3 is 2.16 bits per heavy atom. The van der Waals surface area contributed by atoms with Gasteiger partial charge in [-0.05, 0) is 17.5 Å². The van der Waals surface area contributed by atoms with Crippen LogP contribution in [0.2, 0.25) is 10.0 Å². The molecular weight excluding hydrogens is 441 g/mol. The van der Waals surface area contributed by atoms with Crippen molar-refractivity contribution in [3.8, 4) is 0 Å². The van der Waals surface area contributed by atoms with Crippen molar-refractivity contribution in [1.82, 2.24) is 4.72 Å². The van der Waals surface area contributed by atoms with E-state index < -0.39 is 10.0 Å². The molecule has 0 saturated carbocycles. The SMILES string of the molecule is CC(C)(CBr)CNS(=O)(=O)c1c(Cl)cc(Br)cc1Cl. The van der Waals surface area contributed by atoms with E-state index in [1.54, 1.807) is 0 Å². The van der Waals surface area contributed by atoms with E-state index >= 15 is 0 Å². The van der Waals surface area contributed by atoms with Gasteiger partial charge < -0.3 is 0 Å². The van der Waals surface area contributed by atoms with Crippen molar-refractivity contribution < 1.29 is 8.42 Å². The molecule has 0 amide bonds. The zero-order chi connectivity index (χ0) is 14.8. The quantitative estimate of drug-likeness (QED) is 0.669. The average molecular weight is 454 g/mol. The molecule has 0 spiro atoms. The van der Waals surface area contributed by atoms with Gasteiger partial charge >= 0.3 is 0 Å². The van der Waals surface area contributed by atoms with Crippen molar-refractivity contribution in [2.45, 2.75) is 18.7 Å². The Kier molecular flexibility index (Phi) is 6.18. The van der Waals surface area contributed by atoms with Gasteiger partial charge in [0.15, 0.2) is 0 Å². The third kappa shape index (κ3) is 4.86. The monoisotopic (exact) mass is 451 g/mol. The molecule has 108 valence electrons. The van der Waals surface area contributed by atoms with Crippen molar-refractivity contribution in [2.24, 2.45) is 5.41 Å². The molecule has 0 aliphatic rings. The van der Waals surface area contributed by atoms with Gasteiger partial charge in [-0.25, -0.2) is 13.1 Å². The summed E-state index contributed by atoms with van der Waals surface area (Å²) in [4.78, 5) is -0.0931. The first-order valence-corrected chi connectivity index (χ1v) is 9.44. The number of benzene rings is 1. The fraction of sp³-hybridized carbons (Fsp3) is 0.455. The van der Waals surface area contributed by atoms with Gasteiger partial charge in [0, 0.05) is 16.3 Å². The van der Waals surface area contributed by atoms with E-state index in [2.05, 4.69) is 36.6 Å². The van der Waals surface area contributed by atoms with Crippen LogP contribution < -0.4 is 4.72 Å². The summed E-state index contributed by atoms with van der Waals surface area (Å²) in [7, 11) is -3.74. The molecule has 0 atom stereocenters. The molecule has 3 nitrogen and oxygen atoms in total. The molecule has 0 saturated heterocycles. The van der Waals surface area contributed by atoms with Crippen molar-refractivity contribution in [2.75, 3.05) is 11.9 Å². The summed E-state index contributed by atoms with van der Waals surface area (Å²) in [6, 6.07) is 3.00. The first kappa shape index (κ1) is 17.7. The molecule has 1 aromatic rings. The van der Waals surface area contributed by atoms with E-state index in [0.717, 1.165) is 0 Å². The molecule has 0 bridgehead atoms. The zero-order valence-corrected chi connectivity index (χ0v) is 15.8. The number of halogens is 4. The smallest absolute Gasteiger partial charge is 0.210 e. The minimum atomic E-state index is -3.74. The van der Waals surface area contributed by atoms with Gasteiger partial charge in [-0.15, -0.1) is 0 Å². The molecule has 1 aromatic carbocycles. The first-order chi connectivity index (χ1) is 8.59. The maximum absolute atomic E-state index is 12.2. The van der Waals surface area contributed by atoms with Crippen LogP contribution in [0.5, 0.6) is 0 Å². The minimum absolute atomic E-state index is 0.0866. The van der Waals surface area contributed by atoms with Crippen LogP contribution in [0, 0.1) is 5.41 Å². The van der Waals surface area contributed by atoms with Crippen molar-refractivity contribution in [3.63, 3.8) is 0 Å². The van der Waals surface area contributed by atoms with Crippen LogP contribution in [-0.2, 0) is 10.0 Å². The normalized spacial score (nSPS) is 12.7. The number of alkyl halides is 1. The predicted molar refractivity (Wildman–Crippen MR) is 86.9 cm³/mol. The third-order valence-electron chi connectivity index (χ3n) is 2.33. The maximum Gasteiger partial charge on any atom is 0.243 e.